The van der Waals surface area contributed by atoms with Gasteiger partial charge in [-0.3, -0.25) is 4.90 Å². The molecule has 0 spiro atoms. The number of halogens is 2. The molecule has 2 aromatic rings. The van der Waals surface area contributed by atoms with Gasteiger partial charge in [-0.1, -0.05) is 59.6 Å². The molecule has 0 radical (unpaired) electrons. The molecule has 0 amide bonds. The van der Waals surface area contributed by atoms with Gasteiger partial charge in [0.15, 0.2) is 0 Å². The van der Waals surface area contributed by atoms with Crippen LogP contribution >= 0.6 is 23.2 Å². The van der Waals surface area contributed by atoms with Crippen LogP contribution in [0.2, 0.25) is 10.0 Å². The molecule has 1 saturated heterocycles. The van der Waals surface area contributed by atoms with Crippen LogP contribution in [0.3, 0.4) is 0 Å². The first-order chi connectivity index (χ1) is 11.9. The molecular formula is C18H20Cl2N2O2S. The Kier molecular flexibility index (Phi) is 6.02. The minimum atomic E-state index is -3.28. The Balaban J connectivity index is 1.58. The molecule has 1 aliphatic rings. The lowest BCUT2D eigenvalue weighted by Gasteiger charge is -2.34. The van der Waals surface area contributed by atoms with Crippen LogP contribution in [0.25, 0.3) is 0 Å². The van der Waals surface area contributed by atoms with Gasteiger partial charge in [-0.15, -0.1) is 0 Å². The second-order valence-electron chi connectivity index (χ2n) is 6.15. The number of hydrogen-bond acceptors (Lipinski definition) is 3. The lowest BCUT2D eigenvalue weighted by molar-refractivity contribution is 0.181. The Labute approximate surface area is 159 Å². The average molecular weight is 399 g/mol. The Bertz CT molecular complexity index is 820. The molecule has 134 valence electrons. The summed E-state index contributed by atoms with van der Waals surface area (Å²) >= 11 is 12.1. The van der Waals surface area contributed by atoms with Crippen molar-refractivity contribution in [1.82, 2.24) is 9.21 Å². The first-order valence-electron chi connectivity index (χ1n) is 8.12. The lowest BCUT2D eigenvalue weighted by Crippen LogP contribution is -2.48. The molecule has 0 bridgehead atoms. The van der Waals surface area contributed by atoms with Crippen molar-refractivity contribution in [2.24, 2.45) is 0 Å². The minimum absolute atomic E-state index is 0.0524. The summed E-state index contributed by atoms with van der Waals surface area (Å²) in [5.74, 6) is 0.0524. The zero-order valence-electron chi connectivity index (χ0n) is 13.7. The van der Waals surface area contributed by atoms with Gasteiger partial charge in [-0.25, -0.2) is 8.42 Å². The maximum Gasteiger partial charge on any atom is 0.218 e. The van der Waals surface area contributed by atoms with Crippen LogP contribution in [0, 0.1) is 0 Å². The van der Waals surface area contributed by atoms with E-state index in [1.165, 1.54) is 0 Å². The van der Waals surface area contributed by atoms with E-state index in [1.807, 2.05) is 42.5 Å². The lowest BCUT2D eigenvalue weighted by atomic mass is 10.2. The van der Waals surface area contributed by atoms with E-state index in [-0.39, 0.29) is 5.75 Å². The van der Waals surface area contributed by atoms with Crippen molar-refractivity contribution in [2.75, 3.05) is 26.2 Å². The fourth-order valence-electron chi connectivity index (χ4n) is 2.93. The first kappa shape index (κ1) is 18.7. The molecule has 2 aromatic carbocycles. The van der Waals surface area contributed by atoms with Crippen molar-refractivity contribution in [2.45, 2.75) is 12.3 Å². The van der Waals surface area contributed by atoms with E-state index >= 15 is 0 Å². The second-order valence-corrected chi connectivity index (χ2v) is 8.97. The van der Waals surface area contributed by atoms with E-state index in [1.54, 1.807) is 10.4 Å². The molecule has 1 heterocycles. The topological polar surface area (TPSA) is 40.6 Å². The van der Waals surface area contributed by atoms with Crippen molar-refractivity contribution < 1.29 is 8.42 Å². The van der Waals surface area contributed by atoms with Gasteiger partial charge in [0, 0.05) is 42.8 Å². The molecule has 0 aliphatic carbocycles. The summed E-state index contributed by atoms with van der Waals surface area (Å²) in [6.45, 7) is 3.07. The first-order valence-corrected chi connectivity index (χ1v) is 10.5. The zero-order valence-corrected chi connectivity index (χ0v) is 16.1. The van der Waals surface area contributed by atoms with Gasteiger partial charge >= 0.3 is 0 Å². The summed E-state index contributed by atoms with van der Waals surface area (Å²) in [7, 11) is -3.28. The van der Waals surface area contributed by atoms with E-state index in [0.29, 0.717) is 42.8 Å². The Morgan fingerprint density at radius 2 is 1.60 bits per heavy atom. The number of sulfonamides is 1. The summed E-state index contributed by atoms with van der Waals surface area (Å²) in [5, 5.41) is 1.26. The van der Waals surface area contributed by atoms with Crippen molar-refractivity contribution in [3.05, 3.63) is 69.7 Å². The van der Waals surface area contributed by atoms with Gasteiger partial charge in [0.2, 0.25) is 10.0 Å². The number of rotatable bonds is 5. The molecule has 4 nitrogen and oxygen atoms in total. The van der Waals surface area contributed by atoms with Gasteiger partial charge in [0.25, 0.3) is 0 Å². The van der Waals surface area contributed by atoms with Crippen molar-refractivity contribution in [3.63, 3.8) is 0 Å². The summed E-state index contributed by atoms with van der Waals surface area (Å²) in [6, 6.07) is 14.8. The zero-order chi connectivity index (χ0) is 17.9. The van der Waals surface area contributed by atoms with Crippen molar-refractivity contribution >= 4 is 33.2 Å². The standard InChI is InChI=1S/C18H20Cl2N2O2S/c19-17-7-6-16(18(20)12-17)13-21-8-10-22(11-9-21)25(23,24)14-15-4-2-1-3-5-15/h1-7,12H,8-11,13-14H2. The summed E-state index contributed by atoms with van der Waals surface area (Å²) in [4.78, 5) is 2.21. The van der Waals surface area contributed by atoms with Crippen LogP contribution in [0.5, 0.6) is 0 Å². The molecule has 7 heteroatoms. The molecule has 1 fully saturated rings. The van der Waals surface area contributed by atoms with Crippen LogP contribution in [0.4, 0.5) is 0 Å². The monoisotopic (exact) mass is 398 g/mol. The van der Waals surface area contributed by atoms with Gasteiger partial charge in [-0.05, 0) is 23.3 Å². The maximum absolute atomic E-state index is 12.6. The van der Waals surface area contributed by atoms with Gasteiger partial charge in [0.1, 0.15) is 0 Å². The third kappa shape index (κ3) is 4.96. The number of hydrogen-bond donors (Lipinski definition) is 0. The molecular weight excluding hydrogens is 379 g/mol. The fourth-order valence-corrected chi connectivity index (χ4v) is 4.92. The third-order valence-electron chi connectivity index (χ3n) is 4.33. The van der Waals surface area contributed by atoms with E-state index in [9.17, 15) is 8.42 Å². The van der Waals surface area contributed by atoms with Crippen LogP contribution < -0.4 is 0 Å². The van der Waals surface area contributed by atoms with Crippen molar-refractivity contribution in [1.29, 1.82) is 0 Å². The highest BCUT2D eigenvalue weighted by atomic mass is 35.5. The number of nitrogens with zero attached hydrogens (tertiary/aromatic N) is 2. The smallest absolute Gasteiger partial charge is 0.218 e. The highest BCUT2D eigenvalue weighted by Gasteiger charge is 2.27. The predicted octanol–water partition coefficient (Wildman–Crippen LogP) is 3.64. The van der Waals surface area contributed by atoms with Crippen LogP contribution in [-0.4, -0.2) is 43.8 Å². The Hall–Kier alpha value is -1.11. The van der Waals surface area contributed by atoms with Gasteiger partial charge in [0.05, 0.1) is 5.75 Å². The quantitative estimate of drug-likeness (QED) is 0.771. The molecule has 0 N–H and O–H groups in total. The molecule has 3 rings (SSSR count). The van der Waals surface area contributed by atoms with E-state index in [0.717, 1.165) is 11.1 Å². The maximum atomic E-state index is 12.6. The number of benzene rings is 2. The molecule has 0 saturated carbocycles. The second kappa shape index (κ2) is 8.06. The van der Waals surface area contributed by atoms with E-state index < -0.39 is 10.0 Å². The minimum Gasteiger partial charge on any atom is -0.296 e. The van der Waals surface area contributed by atoms with Gasteiger partial charge < -0.3 is 0 Å². The van der Waals surface area contributed by atoms with Crippen LogP contribution in [0.1, 0.15) is 11.1 Å². The summed E-state index contributed by atoms with van der Waals surface area (Å²) in [6.07, 6.45) is 0. The number of piperazine rings is 1. The van der Waals surface area contributed by atoms with E-state index in [2.05, 4.69) is 4.90 Å². The normalized spacial score (nSPS) is 16.9. The SMILES string of the molecule is O=S(=O)(Cc1ccccc1)N1CCN(Cc2ccc(Cl)cc2Cl)CC1. The fraction of sp³-hybridized carbons (Fsp3) is 0.333. The predicted molar refractivity (Wildman–Crippen MR) is 102 cm³/mol. The molecule has 0 unspecified atom stereocenters. The Morgan fingerprint density at radius 1 is 0.920 bits per heavy atom. The highest BCUT2D eigenvalue weighted by Crippen LogP contribution is 2.23. The average Bonchev–Trinajstić information content (AvgIpc) is 2.58. The molecule has 1 aliphatic heterocycles. The van der Waals surface area contributed by atoms with Crippen molar-refractivity contribution in [3.8, 4) is 0 Å². The third-order valence-corrected chi connectivity index (χ3v) is 6.76. The van der Waals surface area contributed by atoms with Crippen LogP contribution in [0.15, 0.2) is 48.5 Å². The van der Waals surface area contributed by atoms with Gasteiger partial charge in [-0.2, -0.15) is 4.31 Å². The Morgan fingerprint density at radius 3 is 2.24 bits per heavy atom. The molecule has 0 atom stereocenters. The molecule has 25 heavy (non-hydrogen) atoms. The molecule has 0 aromatic heterocycles. The van der Waals surface area contributed by atoms with E-state index in [4.69, 9.17) is 23.2 Å². The largest absolute Gasteiger partial charge is 0.296 e. The summed E-state index contributed by atoms with van der Waals surface area (Å²) in [5.41, 5.74) is 1.82. The highest BCUT2D eigenvalue weighted by molar-refractivity contribution is 7.88. The summed E-state index contributed by atoms with van der Waals surface area (Å²) < 4.78 is 26.7. The van der Waals surface area contributed by atoms with Crippen LogP contribution in [-0.2, 0) is 22.3 Å².